The van der Waals surface area contributed by atoms with Gasteiger partial charge in [-0.15, -0.1) is 34.0 Å². The molecule has 0 spiro atoms. The van der Waals surface area contributed by atoms with Crippen molar-refractivity contribution in [1.82, 2.24) is 19.9 Å². The summed E-state index contributed by atoms with van der Waals surface area (Å²) in [5.41, 5.74) is 27.1. The second-order valence-electron chi connectivity index (χ2n) is 29.0. The first-order valence-corrected chi connectivity index (χ1v) is 40.8. The molecule has 8 heteroatoms. The molecular formula is C106H64N4OS3. The Morgan fingerprint density at radius 1 is 0.193 bits per heavy atom. The van der Waals surface area contributed by atoms with Crippen LogP contribution in [0.4, 0.5) is 0 Å². The summed E-state index contributed by atoms with van der Waals surface area (Å²) in [6.07, 6.45) is 0. The number of furan rings is 1. The summed E-state index contributed by atoms with van der Waals surface area (Å²) >= 11 is 5.52. The first-order valence-electron chi connectivity index (χ1n) is 38.4. The minimum absolute atomic E-state index is 0.704. The highest BCUT2D eigenvalue weighted by atomic mass is 32.1. The summed E-state index contributed by atoms with van der Waals surface area (Å²) in [5, 5.41) is 12.3. The quantitative estimate of drug-likeness (QED) is 0.129. The number of hydrogen-bond acceptors (Lipinski definition) is 8. The number of nitrogens with zero attached hydrogens (tertiary/aromatic N) is 4. The Balaban J connectivity index is 0.000000140. The van der Waals surface area contributed by atoms with Crippen LogP contribution in [0.2, 0.25) is 0 Å². The fourth-order valence-corrected chi connectivity index (χ4v) is 20.3. The van der Waals surface area contributed by atoms with Gasteiger partial charge in [-0.1, -0.05) is 297 Å². The van der Waals surface area contributed by atoms with Crippen LogP contribution in [0.5, 0.6) is 0 Å². The van der Waals surface area contributed by atoms with Gasteiger partial charge in [-0.2, -0.15) is 0 Å². The Labute approximate surface area is 669 Å². The third-order valence-electron chi connectivity index (χ3n) is 22.2. The van der Waals surface area contributed by atoms with E-state index >= 15 is 0 Å². The first-order chi connectivity index (χ1) is 56.5. The van der Waals surface area contributed by atoms with Crippen molar-refractivity contribution in [2.24, 2.45) is 0 Å². The summed E-state index contributed by atoms with van der Waals surface area (Å²) in [5.74, 6) is 0.704. The number of rotatable bonds is 11. The third kappa shape index (κ3) is 11.9. The number of thiophene rings is 3. The second-order valence-corrected chi connectivity index (χ2v) is 32.2. The lowest BCUT2D eigenvalue weighted by Crippen LogP contribution is -1.96. The van der Waals surface area contributed by atoms with Gasteiger partial charge < -0.3 is 4.42 Å². The normalized spacial score (nSPS) is 11.7. The van der Waals surface area contributed by atoms with Crippen molar-refractivity contribution in [2.45, 2.75) is 0 Å². The van der Waals surface area contributed by atoms with Crippen molar-refractivity contribution >= 4 is 138 Å². The van der Waals surface area contributed by atoms with Crippen LogP contribution in [-0.2, 0) is 0 Å². The minimum Gasteiger partial charge on any atom is -0.456 e. The van der Waals surface area contributed by atoms with E-state index < -0.39 is 0 Å². The summed E-state index contributed by atoms with van der Waals surface area (Å²) in [6, 6.07) is 139. The van der Waals surface area contributed by atoms with Crippen molar-refractivity contribution in [3.63, 3.8) is 0 Å². The van der Waals surface area contributed by atoms with Gasteiger partial charge in [-0.05, 0) is 158 Å². The van der Waals surface area contributed by atoms with Crippen molar-refractivity contribution in [1.29, 1.82) is 0 Å². The number of pyridine rings is 2. The van der Waals surface area contributed by atoms with Gasteiger partial charge in [0.05, 0.1) is 43.2 Å². The van der Waals surface area contributed by atoms with Crippen LogP contribution < -0.4 is 0 Å². The average molecular weight is 1510 g/mol. The number of hydrogen-bond donors (Lipinski definition) is 0. The molecule has 0 saturated heterocycles. The predicted octanol–water partition coefficient (Wildman–Crippen LogP) is 30.6. The highest BCUT2D eigenvalue weighted by molar-refractivity contribution is 7.27. The monoisotopic (exact) mass is 1500 g/mol. The molecule has 114 heavy (non-hydrogen) atoms. The molecule has 7 heterocycles. The highest BCUT2D eigenvalue weighted by Crippen LogP contribution is 2.49. The fraction of sp³-hybridized carbons (Fsp3) is 0. The fourth-order valence-electron chi connectivity index (χ4n) is 16.7. The molecule has 0 atom stereocenters. The van der Waals surface area contributed by atoms with Crippen LogP contribution in [-0.4, -0.2) is 19.9 Å². The van der Waals surface area contributed by atoms with Crippen molar-refractivity contribution < 1.29 is 4.42 Å². The third-order valence-corrected chi connectivity index (χ3v) is 25.7. The van der Waals surface area contributed by atoms with Crippen LogP contribution in [0, 0.1) is 0 Å². The smallest absolute Gasteiger partial charge is 0.160 e. The molecule has 0 fully saturated rings. The molecule has 16 aromatic carbocycles. The van der Waals surface area contributed by atoms with Crippen molar-refractivity contribution in [3.05, 3.63) is 388 Å². The lowest BCUT2D eigenvalue weighted by Gasteiger charge is -2.13. The topological polar surface area (TPSA) is 64.7 Å². The van der Waals surface area contributed by atoms with Crippen molar-refractivity contribution in [2.75, 3.05) is 0 Å². The number of aromatic nitrogens is 4. The second kappa shape index (κ2) is 28.0. The molecule has 0 amide bonds. The van der Waals surface area contributed by atoms with Gasteiger partial charge in [0.2, 0.25) is 0 Å². The maximum absolute atomic E-state index is 6.19. The van der Waals surface area contributed by atoms with Gasteiger partial charge in [-0.25, -0.2) is 19.9 Å². The van der Waals surface area contributed by atoms with Crippen molar-refractivity contribution in [3.8, 4) is 123 Å². The maximum Gasteiger partial charge on any atom is 0.160 e. The lowest BCUT2D eigenvalue weighted by atomic mass is 9.92. The van der Waals surface area contributed by atoms with Gasteiger partial charge in [0.25, 0.3) is 0 Å². The van der Waals surface area contributed by atoms with E-state index in [0.29, 0.717) is 5.82 Å². The van der Waals surface area contributed by atoms with Gasteiger partial charge in [-0.3, -0.25) is 0 Å². The summed E-state index contributed by atoms with van der Waals surface area (Å²) in [4.78, 5) is 20.9. The molecule has 0 aliphatic heterocycles. The first kappa shape index (κ1) is 66.8. The van der Waals surface area contributed by atoms with E-state index in [1.54, 1.807) is 0 Å². The Morgan fingerprint density at radius 3 is 1.18 bits per heavy atom. The Hall–Kier alpha value is -14.1. The van der Waals surface area contributed by atoms with Gasteiger partial charge in [0.1, 0.15) is 11.2 Å². The average Bonchev–Trinajstić information content (AvgIpc) is 1.55. The molecular weight excluding hydrogens is 1440 g/mol. The van der Waals surface area contributed by atoms with Crippen LogP contribution in [0.25, 0.3) is 227 Å². The highest BCUT2D eigenvalue weighted by Gasteiger charge is 2.23. The van der Waals surface area contributed by atoms with E-state index in [2.05, 4.69) is 340 Å². The SMILES string of the molecule is c1ccc(-c2cc(-c3ccc(-c4nc5ccc(-c6ccc(-c7cccc8oc9ccccc9c78)cc6)cc5c5c4sc4ccccc45)cc3)nc(-c3ccccc3)n2)cc1.c1ccc(-c2cc(-c3ccccc3)cc(-c3cccc(-c4nc5ccc(-c6cccc7sc8ccccc8c67)cc5c5c4sc4ccccc45)c3)c2)cc1. The molecule has 0 N–H and O–H groups in total. The zero-order chi connectivity index (χ0) is 75.2. The van der Waals surface area contributed by atoms with E-state index in [1.807, 2.05) is 82.5 Å². The summed E-state index contributed by atoms with van der Waals surface area (Å²) in [7, 11) is 0. The maximum atomic E-state index is 6.19. The van der Waals surface area contributed by atoms with Crippen LogP contribution >= 0.6 is 34.0 Å². The number of fused-ring (bicyclic) bond motifs is 16. The molecule has 0 aliphatic carbocycles. The van der Waals surface area contributed by atoms with Gasteiger partial charge >= 0.3 is 0 Å². The van der Waals surface area contributed by atoms with Crippen LogP contribution in [0.15, 0.2) is 393 Å². The minimum atomic E-state index is 0.704. The number of benzene rings is 16. The van der Waals surface area contributed by atoms with Crippen LogP contribution in [0.3, 0.4) is 0 Å². The van der Waals surface area contributed by atoms with Gasteiger partial charge in [0.15, 0.2) is 5.82 Å². The molecule has 5 nitrogen and oxygen atoms in total. The Morgan fingerprint density at radius 2 is 0.570 bits per heavy atom. The van der Waals surface area contributed by atoms with E-state index in [1.165, 1.54) is 116 Å². The van der Waals surface area contributed by atoms with E-state index in [4.69, 9.17) is 24.4 Å². The molecule has 0 saturated carbocycles. The molecule has 7 aromatic heterocycles. The Kier molecular flexibility index (Phi) is 16.4. The standard InChI is InChI=1S/C55H33N3OS.C51H31NS2/c1-3-12-36(13-4-1)46-33-47(58-55(57-46)39-14-5-2-6-15-39)37-26-28-38(29-27-37)53-54-52(43-17-8-10-21-50(43)60-54)44-32-40(30-31-45(44)56-53)34-22-24-35(25-23-34)41-18-11-20-49-51(41)42-16-7-9-19-48(42)59-49;1-3-13-32(14-4-1)37-28-38(33-15-5-2-6-16-33)30-39(29-37)34-17-11-18-36(27-34)50-51-49(42-20-8-10-23-46(42)54-51)43-31-35(25-26-44(43)52-50)40-21-12-24-47-48(40)41-19-7-9-22-45(41)53-47/h1-33H;1-31H. The molecule has 0 unspecified atom stereocenters. The van der Waals surface area contributed by atoms with Crippen LogP contribution in [0.1, 0.15) is 0 Å². The molecule has 0 aliphatic rings. The number of para-hydroxylation sites is 1. The Bertz CT molecular complexity index is 7590. The molecule has 532 valence electrons. The lowest BCUT2D eigenvalue weighted by molar-refractivity contribution is 0.669. The summed E-state index contributed by atoms with van der Waals surface area (Å²) < 4.78 is 13.8. The molecule has 23 aromatic rings. The van der Waals surface area contributed by atoms with E-state index in [-0.39, 0.29) is 0 Å². The largest absolute Gasteiger partial charge is 0.456 e. The predicted molar refractivity (Wildman–Crippen MR) is 485 cm³/mol. The zero-order valence-corrected chi connectivity index (χ0v) is 63.8. The van der Waals surface area contributed by atoms with Gasteiger partial charge in [0, 0.05) is 100 Å². The molecule has 0 bridgehead atoms. The zero-order valence-electron chi connectivity index (χ0n) is 61.4. The summed E-state index contributed by atoms with van der Waals surface area (Å²) in [6.45, 7) is 0. The van der Waals surface area contributed by atoms with E-state index in [0.717, 1.165) is 106 Å². The van der Waals surface area contributed by atoms with E-state index in [9.17, 15) is 0 Å². The molecule has 0 radical (unpaired) electrons. The molecule has 23 rings (SSSR count).